The van der Waals surface area contributed by atoms with E-state index in [-0.39, 0.29) is 5.91 Å². The van der Waals surface area contributed by atoms with Crippen LogP contribution in [0.2, 0.25) is 0 Å². The lowest BCUT2D eigenvalue weighted by atomic mass is 10.2. The summed E-state index contributed by atoms with van der Waals surface area (Å²) in [6.07, 6.45) is 1.93. The Bertz CT molecular complexity index is 623. The Kier molecular flexibility index (Phi) is 4.75. The van der Waals surface area contributed by atoms with Crippen LogP contribution in [0.15, 0.2) is 34.7 Å². The molecule has 0 atom stereocenters. The summed E-state index contributed by atoms with van der Waals surface area (Å²) in [5.41, 5.74) is 0.474. The van der Waals surface area contributed by atoms with Crippen molar-refractivity contribution in [2.24, 2.45) is 0 Å². The number of esters is 1. The molecule has 0 aliphatic carbocycles. The third-order valence-corrected chi connectivity index (χ3v) is 3.83. The summed E-state index contributed by atoms with van der Waals surface area (Å²) >= 11 is 2.90. The van der Waals surface area contributed by atoms with Crippen molar-refractivity contribution in [3.8, 4) is 5.75 Å². The minimum absolute atomic E-state index is 0.249. The molecule has 104 valence electrons. The van der Waals surface area contributed by atoms with E-state index in [0.717, 1.165) is 5.03 Å². The van der Waals surface area contributed by atoms with Crippen molar-refractivity contribution in [2.75, 3.05) is 11.6 Å². The van der Waals surface area contributed by atoms with E-state index in [1.165, 1.54) is 30.0 Å². The van der Waals surface area contributed by atoms with Crippen molar-refractivity contribution in [1.29, 1.82) is 0 Å². The third kappa shape index (κ3) is 3.82. The summed E-state index contributed by atoms with van der Waals surface area (Å²) in [7, 11) is 0. The van der Waals surface area contributed by atoms with Crippen LogP contribution in [0.3, 0.4) is 0 Å². The molecule has 0 spiro atoms. The number of nitrogens with one attached hydrogen (secondary N) is 1. The van der Waals surface area contributed by atoms with Crippen LogP contribution in [-0.4, -0.2) is 23.1 Å². The molecule has 0 unspecified atom stereocenters. The van der Waals surface area contributed by atoms with Gasteiger partial charge in [0.05, 0.1) is 0 Å². The van der Waals surface area contributed by atoms with Gasteiger partial charge >= 0.3 is 5.97 Å². The number of amides is 1. The quantitative estimate of drug-likeness (QED) is 0.534. The van der Waals surface area contributed by atoms with E-state index >= 15 is 0 Å². The lowest BCUT2D eigenvalue weighted by Gasteiger charge is -2.03. The number of nitrogens with zero attached hydrogens (tertiary/aromatic N) is 1. The number of ether oxygens (including phenoxy) is 1. The van der Waals surface area contributed by atoms with E-state index in [1.54, 1.807) is 24.3 Å². The molecule has 0 aliphatic rings. The first-order chi connectivity index (χ1) is 9.58. The van der Waals surface area contributed by atoms with Crippen LogP contribution in [0.25, 0.3) is 0 Å². The SMILES string of the molecule is CSc1csc(NC(=O)c2ccc(OC(C)=O)cc2)n1. The number of benzene rings is 1. The largest absolute Gasteiger partial charge is 0.427 e. The Morgan fingerprint density at radius 1 is 1.30 bits per heavy atom. The first-order valence-electron chi connectivity index (χ1n) is 5.68. The van der Waals surface area contributed by atoms with Crippen LogP contribution in [0, 0.1) is 0 Å². The maximum absolute atomic E-state index is 12.0. The van der Waals surface area contributed by atoms with Crippen molar-refractivity contribution >= 4 is 40.1 Å². The van der Waals surface area contributed by atoms with Crippen LogP contribution < -0.4 is 10.1 Å². The molecular formula is C13H12N2O3S2. The van der Waals surface area contributed by atoms with Gasteiger partial charge in [-0.2, -0.15) is 0 Å². The van der Waals surface area contributed by atoms with Crippen molar-refractivity contribution < 1.29 is 14.3 Å². The first kappa shape index (κ1) is 14.5. The molecule has 1 aromatic carbocycles. The van der Waals surface area contributed by atoms with Crippen LogP contribution in [0.1, 0.15) is 17.3 Å². The molecule has 1 amide bonds. The lowest BCUT2D eigenvalue weighted by molar-refractivity contribution is -0.131. The van der Waals surface area contributed by atoms with E-state index in [9.17, 15) is 9.59 Å². The lowest BCUT2D eigenvalue weighted by Crippen LogP contribution is -2.11. The number of anilines is 1. The molecule has 1 heterocycles. The minimum Gasteiger partial charge on any atom is -0.427 e. The molecule has 0 bridgehead atoms. The highest BCUT2D eigenvalue weighted by molar-refractivity contribution is 7.98. The number of aromatic nitrogens is 1. The van der Waals surface area contributed by atoms with Gasteiger partial charge in [-0.15, -0.1) is 23.1 Å². The van der Waals surface area contributed by atoms with Gasteiger partial charge in [-0.3, -0.25) is 14.9 Å². The molecular weight excluding hydrogens is 296 g/mol. The normalized spacial score (nSPS) is 10.1. The molecule has 7 heteroatoms. The van der Waals surface area contributed by atoms with Crippen LogP contribution in [-0.2, 0) is 4.79 Å². The molecule has 0 fully saturated rings. The van der Waals surface area contributed by atoms with E-state index in [4.69, 9.17) is 4.74 Å². The Labute approximate surface area is 124 Å². The Morgan fingerprint density at radius 3 is 2.55 bits per heavy atom. The number of hydrogen-bond acceptors (Lipinski definition) is 6. The predicted molar refractivity (Wildman–Crippen MR) is 79.6 cm³/mol. The molecule has 20 heavy (non-hydrogen) atoms. The zero-order valence-electron chi connectivity index (χ0n) is 10.9. The summed E-state index contributed by atoms with van der Waals surface area (Å²) in [5.74, 6) is -0.232. The highest BCUT2D eigenvalue weighted by Gasteiger charge is 2.09. The summed E-state index contributed by atoms with van der Waals surface area (Å²) in [5, 5.41) is 6.03. The van der Waals surface area contributed by atoms with E-state index < -0.39 is 5.97 Å². The monoisotopic (exact) mass is 308 g/mol. The molecule has 0 aliphatic heterocycles. The molecule has 0 saturated heterocycles. The zero-order valence-corrected chi connectivity index (χ0v) is 12.5. The van der Waals surface area contributed by atoms with Gasteiger partial charge in [-0.25, -0.2) is 4.98 Å². The van der Waals surface area contributed by atoms with Crippen LogP contribution >= 0.6 is 23.1 Å². The second kappa shape index (κ2) is 6.53. The van der Waals surface area contributed by atoms with Gasteiger partial charge in [0.1, 0.15) is 10.8 Å². The fourth-order valence-electron chi connectivity index (χ4n) is 1.42. The van der Waals surface area contributed by atoms with E-state index in [0.29, 0.717) is 16.4 Å². The smallest absolute Gasteiger partial charge is 0.308 e. The van der Waals surface area contributed by atoms with Crippen LogP contribution in [0.4, 0.5) is 5.13 Å². The zero-order chi connectivity index (χ0) is 14.5. The molecule has 0 radical (unpaired) electrons. The van der Waals surface area contributed by atoms with E-state index in [2.05, 4.69) is 10.3 Å². The van der Waals surface area contributed by atoms with Gasteiger partial charge in [0.2, 0.25) is 0 Å². The van der Waals surface area contributed by atoms with Gasteiger partial charge in [0, 0.05) is 17.9 Å². The highest BCUT2D eigenvalue weighted by atomic mass is 32.2. The topological polar surface area (TPSA) is 68.3 Å². The van der Waals surface area contributed by atoms with Crippen molar-refractivity contribution in [3.05, 3.63) is 35.2 Å². The van der Waals surface area contributed by atoms with Gasteiger partial charge < -0.3 is 4.74 Å². The van der Waals surface area contributed by atoms with Crippen molar-refractivity contribution in [1.82, 2.24) is 4.98 Å². The number of carbonyl (C=O) groups is 2. The number of carbonyl (C=O) groups excluding carboxylic acids is 2. The Morgan fingerprint density at radius 2 is 2.00 bits per heavy atom. The second-order valence-electron chi connectivity index (χ2n) is 3.77. The molecule has 5 nitrogen and oxygen atoms in total. The standard InChI is InChI=1S/C13H12N2O3S2/c1-8(16)18-10-5-3-9(4-6-10)12(17)15-13-14-11(19-2)7-20-13/h3-7H,1-2H3,(H,14,15,17). The van der Waals surface area contributed by atoms with Crippen LogP contribution in [0.5, 0.6) is 5.75 Å². The predicted octanol–water partition coefficient (Wildman–Crippen LogP) is 3.04. The number of thioether (sulfide) groups is 1. The summed E-state index contributed by atoms with van der Waals surface area (Å²) in [6.45, 7) is 1.33. The maximum Gasteiger partial charge on any atom is 0.308 e. The molecule has 2 rings (SSSR count). The van der Waals surface area contributed by atoms with Gasteiger partial charge in [0.15, 0.2) is 5.13 Å². The van der Waals surface area contributed by atoms with Crippen molar-refractivity contribution in [2.45, 2.75) is 11.9 Å². The average molecular weight is 308 g/mol. The van der Waals surface area contributed by atoms with Gasteiger partial charge in [-0.05, 0) is 30.5 Å². The first-order valence-corrected chi connectivity index (χ1v) is 7.78. The average Bonchev–Trinajstić information content (AvgIpc) is 2.86. The number of hydrogen-bond donors (Lipinski definition) is 1. The number of rotatable bonds is 4. The maximum atomic E-state index is 12.0. The Hall–Kier alpha value is -1.86. The van der Waals surface area contributed by atoms with Crippen molar-refractivity contribution in [3.63, 3.8) is 0 Å². The molecule has 2 aromatic rings. The Balaban J connectivity index is 2.03. The molecule has 1 aromatic heterocycles. The fraction of sp³-hybridized carbons (Fsp3) is 0.154. The molecule has 0 saturated carbocycles. The summed E-state index contributed by atoms with van der Waals surface area (Å²) < 4.78 is 4.90. The highest BCUT2D eigenvalue weighted by Crippen LogP contribution is 2.22. The van der Waals surface area contributed by atoms with Gasteiger partial charge in [0.25, 0.3) is 5.91 Å². The van der Waals surface area contributed by atoms with Gasteiger partial charge in [-0.1, -0.05) is 0 Å². The molecule has 1 N–H and O–H groups in total. The van der Waals surface area contributed by atoms with E-state index in [1.807, 2.05) is 11.6 Å². The fourth-order valence-corrected chi connectivity index (χ4v) is 2.76. The minimum atomic E-state index is -0.394. The summed E-state index contributed by atoms with van der Waals surface area (Å²) in [6, 6.07) is 6.34. The third-order valence-electron chi connectivity index (χ3n) is 2.29. The number of thiazole rings is 1. The second-order valence-corrected chi connectivity index (χ2v) is 5.45. The summed E-state index contributed by atoms with van der Waals surface area (Å²) in [4.78, 5) is 27.0.